The summed E-state index contributed by atoms with van der Waals surface area (Å²) in [5.74, 6) is 2.70. The quantitative estimate of drug-likeness (QED) is 0.784. The van der Waals surface area contributed by atoms with Crippen LogP contribution in [0.5, 0.6) is 0 Å². The lowest BCUT2D eigenvalue weighted by atomic mass is 9.69. The Bertz CT molecular complexity index is 209. The number of rotatable bonds is 2. The molecule has 0 bridgehead atoms. The maximum absolute atomic E-state index is 10.2. The Hall–Kier alpha value is -0.0800. The molecule has 4 atom stereocenters. The minimum absolute atomic E-state index is 0.0679. The summed E-state index contributed by atoms with van der Waals surface area (Å²) in [6.07, 6.45) is 5.80. The Morgan fingerprint density at radius 3 is 2.62 bits per heavy atom. The van der Waals surface area contributed by atoms with Gasteiger partial charge in [0.15, 0.2) is 0 Å². The van der Waals surface area contributed by atoms with Gasteiger partial charge in [-0.3, -0.25) is 0 Å². The second kappa shape index (κ2) is 5.50. The highest BCUT2D eigenvalue weighted by Gasteiger charge is 2.36. The summed E-state index contributed by atoms with van der Waals surface area (Å²) in [6, 6.07) is 0. The molecule has 1 N–H and O–H groups in total. The first-order valence-corrected chi connectivity index (χ1v) is 6.94. The first-order chi connectivity index (χ1) is 7.68. The van der Waals surface area contributed by atoms with Gasteiger partial charge in [0.2, 0.25) is 0 Å². The van der Waals surface area contributed by atoms with E-state index in [1.165, 1.54) is 25.7 Å². The first kappa shape index (κ1) is 12.4. The average Bonchev–Trinajstić information content (AvgIpc) is 2.30. The van der Waals surface area contributed by atoms with E-state index in [4.69, 9.17) is 4.74 Å². The van der Waals surface area contributed by atoms with Crippen molar-refractivity contribution < 1.29 is 9.84 Å². The van der Waals surface area contributed by atoms with Gasteiger partial charge in [-0.25, -0.2) is 0 Å². The van der Waals surface area contributed by atoms with Gasteiger partial charge in [0.1, 0.15) is 0 Å². The summed E-state index contributed by atoms with van der Waals surface area (Å²) in [4.78, 5) is 0. The maximum Gasteiger partial charge on any atom is 0.0572 e. The normalized spacial score (nSPS) is 41.2. The molecule has 94 valence electrons. The van der Waals surface area contributed by atoms with Crippen LogP contribution in [0.3, 0.4) is 0 Å². The summed E-state index contributed by atoms with van der Waals surface area (Å²) in [6.45, 7) is 6.44. The van der Waals surface area contributed by atoms with Crippen molar-refractivity contribution in [2.45, 2.75) is 52.1 Å². The van der Waals surface area contributed by atoms with Gasteiger partial charge in [-0.15, -0.1) is 0 Å². The van der Waals surface area contributed by atoms with Crippen LogP contribution in [0.1, 0.15) is 46.0 Å². The first-order valence-electron chi connectivity index (χ1n) is 6.94. The Balaban J connectivity index is 1.94. The van der Waals surface area contributed by atoms with Gasteiger partial charge in [-0.05, 0) is 55.8 Å². The van der Waals surface area contributed by atoms with E-state index in [2.05, 4.69) is 13.8 Å². The van der Waals surface area contributed by atoms with Crippen LogP contribution in [-0.2, 0) is 4.74 Å². The van der Waals surface area contributed by atoms with Crippen LogP contribution in [0.2, 0.25) is 0 Å². The van der Waals surface area contributed by atoms with Gasteiger partial charge in [0.25, 0.3) is 0 Å². The van der Waals surface area contributed by atoms with Gasteiger partial charge >= 0.3 is 0 Å². The molecule has 0 aromatic heterocycles. The minimum atomic E-state index is -0.0679. The molecule has 1 saturated heterocycles. The summed E-state index contributed by atoms with van der Waals surface area (Å²) in [5.41, 5.74) is 0. The summed E-state index contributed by atoms with van der Waals surface area (Å²) in [5, 5.41) is 10.2. The fraction of sp³-hybridized carbons (Fsp3) is 1.00. The number of aliphatic hydroxyl groups excluding tert-OH is 1. The van der Waals surface area contributed by atoms with Gasteiger partial charge in [-0.1, -0.05) is 13.8 Å². The Labute approximate surface area is 99.4 Å². The maximum atomic E-state index is 10.2. The number of hydrogen-bond acceptors (Lipinski definition) is 2. The molecular formula is C14H26O2. The Morgan fingerprint density at radius 2 is 2.00 bits per heavy atom. The van der Waals surface area contributed by atoms with E-state index in [0.717, 1.165) is 31.5 Å². The second-order valence-electron chi connectivity index (χ2n) is 6.03. The van der Waals surface area contributed by atoms with E-state index in [0.29, 0.717) is 11.8 Å². The van der Waals surface area contributed by atoms with Crippen molar-refractivity contribution in [2.24, 2.45) is 23.7 Å². The fourth-order valence-corrected chi connectivity index (χ4v) is 3.44. The standard InChI is InChI=1S/C14H26O2/c1-10(2)11-5-6-14(15)13(8-11)12-4-3-7-16-9-12/h10-15H,3-9H2,1-2H3. The van der Waals surface area contributed by atoms with Crippen LogP contribution >= 0.6 is 0 Å². The lowest BCUT2D eigenvalue weighted by Gasteiger charge is -2.40. The molecule has 1 aliphatic heterocycles. The third kappa shape index (κ3) is 2.78. The van der Waals surface area contributed by atoms with E-state index in [1.54, 1.807) is 0 Å². The molecule has 0 amide bonds. The number of aliphatic hydroxyl groups is 1. The fourth-order valence-electron chi connectivity index (χ4n) is 3.44. The number of hydrogen-bond donors (Lipinski definition) is 1. The molecule has 1 aliphatic carbocycles. The molecule has 16 heavy (non-hydrogen) atoms. The molecule has 0 spiro atoms. The lowest BCUT2D eigenvalue weighted by Crippen LogP contribution is -2.39. The van der Waals surface area contributed by atoms with Crippen molar-refractivity contribution in [1.82, 2.24) is 0 Å². The minimum Gasteiger partial charge on any atom is -0.393 e. The van der Waals surface area contributed by atoms with Gasteiger partial charge in [-0.2, -0.15) is 0 Å². The molecule has 1 saturated carbocycles. The summed E-state index contributed by atoms with van der Waals surface area (Å²) < 4.78 is 5.57. The lowest BCUT2D eigenvalue weighted by molar-refractivity contribution is -0.0430. The molecule has 2 heteroatoms. The predicted molar refractivity (Wildman–Crippen MR) is 65.2 cm³/mol. The van der Waals surface area contributed by atoms with Gasteiger partial charge in [0, 0.05) is 13.2 Å². The third-order valence-electron chi connectivity index (χ3n) is 4.65. The van der Waals surface area contributed by atoms with Crippen LogP contribution in [0, 0.1) is 23.7 Å². The van der Waals surface area contributed by atoms with Crippen molar-refractivity contribution >= 4 is 0 Å². The zero-order valence-corrected chi connectivity index (χ0v) is 10.7. The molecule has 0 radical (unpaired) electrons. The third-order valence-corrected chi connectivity index (χ3v) is 4.65. The van der Waals surface area contributed by atoms with Crippen LogP contribution < -0.4 is 0 Å². The molecule has 0 aromatic carbocycles. The van der Waals surface area contributed by atoms with E-state index in [-0.39, 0.29) is 6.10 Å². The molecule has 2 nitrogen and oxygen atoms in total. The van der Waals surface area contributed by atoms with Crippen molar-refractivity contribution in [1.29, 1.82) is 0 Å². The van der Waals surface area contributed by atoms with Crippen molar-refractivity contribution in [2.75, 3.05) is 13.2 Å². The largest absolute Gasteiger partial charge is 0.393 e. The Morgan fingerprint density at radius 1 is 1.19 bits per heavy atom. The highest BCUT2D eigenvalue weighted by atomic mass is 16.5. The van der Waals surface area contributed by atoms with Crippen molar-refractivity contribution in [3.63, 3.8) is 0 Å². The average molecular weight is 226 g/mol. The molecule has 2 rings (SSSR count). The van der Waals surface area contributed by atoms with Gasteiger partial charge < -0.3 is 9.84 Å². The van der Waals surface area contributed by atoms with E-state index in [1.807, 2.05) is 0 Å². The van der Waals surface area contributed by atoms with Crippen LogP contribution in [0.15, 0.2) is 0 Å². The highest BCUT2D eigenvalue weighted by Crippen LogP contribution is 2.39. The SMILES string of the molecule is CC(C)C1CCC(O)C(C2CCCOC2)C1. The molecule has 2 fully saturated rings. The van der Waals surface area contributed by atoms with Crippen LogP contribution in [-0.4, -0.2) is 24.4 Å². The smallest absolute Gasteiger partial charge is 0.0572 e. The monoisotopic (exact) mass is 226 g/mol. The molecule has 2 aliphatic rings. The topological polar surface area (TPSA) is 29.5 Å². The van der Waals surface area contributed by atoms with E-state index < -0.39 is 0 Å². The summed E-state index contributed by atoms with van der Waals surface area (Å²) in [7, 11) is 0. The van der Waals surface area contributed by atoms with Crippen molar-refractivity contribution in [3.05, 3.63) is 0 Å². The molecular weight excluding hydrogens is 200 g/mol. The zero-order chi connectivity index (χ0) is 11.5. The van der Waals surface area contributed by atoms with E-state index >= 15 is 0 Å². The van der Waals surface area contributed by atoms with Crippen LogP contribution in [0.25, 0.3) is 0 Å². The van der Waals surface area contributed by atoms with Gasteiger partial charge in [0.05, 0.1) is 6.10 Å². The number of ether oxygens (including phenoxy) is 1. The van der Waals surface area contributed by atoms with Crippen molar-refractivity contribution in [3.8, 4) is 0 Å². The van der Waals surface area contributed by atoms with Crippen LogP contribution in [0.4, 0.5) is 0 Å². The molecule has 4 unspecified atom stereocenters. The van der Waals surface area contributed by atoms with E-state index in [9.17, 15) is 5.11 Å². The molecule has 0 aromatic rings. The summed E-state index contributed by atoms with van der Waals surface area (Å²) >= 11 is 0. The predicted octanol–water partition coefficient (Wildman–Crippen LogP) is 2.85. The highest BCUT2D eigenvalue weighted by molar-refractivity contribution is 4.86. The second-order valence-corrected chi connectivity index (χ2v) is 6.03. The zero-order valence-electron chi connectivity index (χ0n) is 10.7. The molecule has 1 heterocycles. The Kier molecular flexibility index (Phi) is 4.26.